The van der Waals surface area contributed by atoms with Crippen LogP contribution in [0.2, 0.25) is 0 Å². The van der Waals surface area contributed by atoms with Gasteiger partial charge < -0.3 is 15.2 Å². The number of nitrogens with zero attached hydrogens (tertiary/aromatic N) is 3. The number of aryl methyl sites for hydroxylation is 1. The van der Waals surface area contributed by atoms with Crippen molar-refractivity contribution >= 4 is 0 Å². The number of aliphatic hydroxyl groups is 1. The van der Waals surface area contributed by atoms with Crippen molar-refractivity contribution in [2.24, 2.45) is 7.05 Å². The third-order valence-electron chi connectivity index (χ3n) is 5.70. The van der Waals surface area contributed by atoms with Gasteiger partial charge in [-0.2, -0.15) is 5.10 Å². The average Bonchev–Trinajstić information content (AvgIpc) is 3.20. The maximum Gasteiger partial charge on any atom is 0.119 e. The van der Waals surface area contributed by atoms with Gasteiger partial charge in [0.05, 0.1) is 6.20 Å². The Morgan fingerprint density at radius 3 is 2.84 bits per heavy atom. The molecule has 0 amide bonds. The zero-order valence-corrected chi connectivity index (χ0v) is 18.2. The summed E-state index contributed by atoms with van der Waals surface area (Å²) in [5.74, 6) is 0.801. The quantitative estimate of drug-likeness (QED) is 0.494. The molecule has 31 heavy (non-hydrogen) atoms. The van der Waals surface area contributed by atoms with Crippen LogP contribution in [0.25, 0.3) is 0 Å². The fourth-order valence-corrected chi connectivity index (χ4v) is 4.06. The second-order valence-corrected chi connectivity index (χ2v) is 8.32. The number of ether oxygens (including phenoxy) is 1. The molecule has 0 unspecified atom stereocenters. The lowest BCUT2D eigenvalue weighted by molar-refractivity contribution is 0.0637. The highest BCUT2D eigenvalue weighted by Gasteiger charge is 2.18. The molecule has 2 N–H and O–H groups in total. The van der Waals surface area contributed by atoms with Crippen LogP contribution in [0, 0.1) is 0 Å². The predicted molar refractivity (Wildman–Crippen MR) is 122 cm³/mol. The summed E-state index contributed by atoms with van der Waals surface area (Å²) in [5.41, 5.74) is 5.20. The molecule has 0 radical (unpaired) electrons. The predicted octanol–water partition coefficient (Wildman–Crippen LogP) is 2.55. The van der Waals surface area contributed by atoms with Crippen molar-refractivity contribution in [2.75, 3.05) is 26.2 Å². The van der Waals surface area contributed by atoms with Gasteiger partial charge in [-0.3, -0.25) is 9.58 Å². The Labute approximate surface area is 184 Å². The Bertz CT molecular complexity index is 971. The molecular weight excluding hydrogens is 388 g/mol. The molecule has 1 aliphatic heterocycles. The van der Waals surface area contributed by atoms with Crippen molar-refractivity contribution in [2.45, 2.75) is 32.0 Å². The number of hydrogen-bond donors (Lipinski definition) is 2. The molecule has 0 aliphatic carbocycles. The van der Waals surface area contributed by atoms with Crippen molar-refractivity contribution in [1.29, 1.82) is 0 Å². The molecule has 2 aromatic carbocycles. The van der Waals surface area contributed by atoms with E-state index in [2.05, 4.69) is 45.6 Å². The Kier molecular flexibility index (Phi) is 7.35. The lowest BCUT2D eigenvalue weighted by Crippen LogP contribution is -2.38. The normalized spacial score (nSPS) is 14.9. The molecule has 0 bridgehead atoms. The number of benzene rings is 2. The Balaban J connectivity index is 1.18. The summed E-state index contributed by atoms with van der Waals surface area (Å²) in [6.07, 6.45) is 5.44. The first-order chi connectivity index (χ1) is 15.2. The fourth-order valence-electron chi connectivity index (χ4n) is 4.06. The number of aliphatic hydroxyl groups excluding tert-OH is 1. The number of nitrogens with one attached hydrogen (secondary N) is 1. The van der Waals surface area contributed by atoms with E-state index >= 15 is 0 Å². The van der Waals surface area contributed by atoms with Crippen molar-refractivity contribution in [3.8, 4) is 5.75 Å². The van der Waals surface area contributed by atoms with Gasteiger partial charge in [0.1, 0.15) is 18.5 Å². The van der Waals surface area contributed by atoms with Gasteiger partial charge in [-0.1, -0.05) is 36.4 Å². The third-order valence-corrected chi connectivity index (χ3v) is 5.70. The van der Waals surface area contributed by atoms with E-state index in [1.54, 1.807) is 0 Å². The Morgan fingerprint density at radius 2 is 2.00 bits per heavy atom. The SMILES string of the molecule is Cn1cc(CCNCc2cccc(OC[C@@H](O)CN3CCc4ccccc4C3)c2)cn1. The Morgan fingerprint density at radius 1 is 1.13 bits per heavy atom. The fraction of sp³-hybridized carbons (Fsp3) is 0.400. The van der Waals surface area contributed by atoms with E-state index in [9.17, 15) is 5.11 Å². The van der Waals surface area contributed by atoms with Gasteiger partial charge in [-0.15, -0.1) is 0 Å². The van der Waals surface area contributed by atoms with Crippen molar-refractivity contribution < 1.29 is 9.84 Å². The Hall–Kier alpha value is -2.67. The first kappa shape index (κ1) is 21.6. The number of aromatic nitrogens is 2. The van der Waals surface area contributed by atoms with Crippen LogP contribution >= 0.6 is 0 Å². The monoisotopic (exact) mass is 420 g/mol. The van der Waals surface area contributed by atoms with Crippen LogP contribution in [0.1, 0.15) is 22.3 Å². The highest BCUT2D eigenvalue weighted by molar-refractivity contribution is 5.29. The van der Waals surface area contributed by atoms with Crippen LogP contribution in [-0.4, -0.2) is 52.1 Å². The molecule has 1 aliphatic rings. The van der Waals surface area contributed by atoms with Gasteiger partial charge in [-0.25, -0.2) is 0 Å². The van der Waals surface area contributed by atoms with Crippen molar-refractivity contribution in [3.05, 3.63) is 83.2 Å². The zero-order chi connectivity index (χ0) is 21.5. The smallest absolute Gasteiger partial charge is 0.119 e. The van der Waals surface area contributed by atoms with Crippen LogP contribution in [0.3, 0.4) is 0 Å². The minimum Gasteiger partial charge on any atom is -0.491 e. The molecule has 6 heteroatoms. The largest absolute Gasteiger partial charge is 0.491 e. The van der Waals surface area contributed by atoms with E-state index < -0.39 is 6.10 Å². The van der Waals surface area contributed by atoms with Crippen molar-refractivity contribution in [1.82, 2.24) is 20.0 Å². The second kappa shape index (κ2) is 10.6. The van der Waals surface area contributed by atoms with E-state index in [1.807, 2.05) is 42.3 Å². The summed E-state index contributed by atoms with van der Waals surface area (Å²) in [7, 11) is 1.94. The summed E-state index contributed by atoms with van der Waals surface area (Å²) in [5, 5.41) is 18.1. The van der Waals surface area contributed by atoms with Crippen LogP contribution in [0.4, 0.5) is 0 Å². The summed E-state index contributed by atoms with van der Waals surface area (Å²) in [6.45, 7) is 4.49. The molecule has 0 saturated carbocycles. The molecule has 164 valence electrons. The van der Waals surface area contributed by atoms with Gasteiger partial charge in [0.2, 0.25) is 0 Å². The summed E-state index contributed by atoms with van der Waals surface area (Å²) in [4.78, 5) is 2.30. The third kappa shape index (κ3) is 6.40. The molecule has 2 heterocycles. The molecule has 0 spiro atoms. The number of hydrogen-bond acceptors (Lipinski definition) is 5. The van der Waals surface area contributed by atoms with Crippen molar-refractivity contribution in [3.63, 3.8) is 0 Å². The first-order valence-corrected chi connectivity index (χ1v) is 11.0. The highest BCUT2D eigenvalue weighted by atomic mass is 16.5. The van der Waals surface area contributed by atoms with Gasteiger partial charge in [0.15, 0.2) is 0 Å². The van der Waals surface area contributed by atoms with E-state index in [-0.39, 0.29) is 0 Å². The summed E-state index contributed by atoms with van der Waals surface area (Å²) >= 11 is 0. The molecule has 0 fully saturated rings. The van der Waals surface area contributed by atoms with Gasteiger partial charge >= 0.3 is 0 Å². The maximum atomic E-state index is 10.5. The van der Waals surface area contributed by atoms with Gasteiger partial charge in [-0.05, 0) is 53.8 Å². The number of β-amino-alcohol motifs (C(OH)–C–C–N with tert-alkyl or cyclic N) is 1. The molecular formula is C25H32N4O2. The van der Waals surface area contributed by atoms with Crippen LogP contribution in [0.5, 0.6) is 5.75 Å². The molecule has 0 saturated heterocycles. The lowest BCUT2D eigenvalue weighted by atomic mass is 10.00. The van der Waals surface area contributed by atoms with E-state index in [4.69, 9.17) is 4.74 Å². The number of rotatable bonds is 10. The molecule has 3 aromatic rings. The molecule has 1 atom stereocenters. The highest BCUT2D eigenvalue weighted by Crippen LogP contribution is 2.19. The van der Waals surface area contributed by atoms with Gasteiger partial charge in [0, 0.05) is 39.4 Å². The lowest BCUT2D eigenvalue weighted by Gasteiger charge is -2.30. The minimum absolute atomic E-state index is 0.302. The second-order valence-electron chi connectivity index (χ2n) is 8.32. The topological polar surface area (TPSA) is 62.6 Å². The zero-order valence-electron chi connectivity index (χ0n) is 18.2. The molecule has 4 rings (SSSR count). The van der Waals surface area contributed by atoms with E-state index in [0.717, 1.165) is 44.8 Å². The van der Waals surface area contributed by atoms with Crippen LogP contribution < -0.4 is 10.1 Å². The maximum absolute atomic E-state index is 10.5. The van der Waals surface area contributed by atoms with Crippen LogP contribution in [0.15, 0.2) is 60.9 Å². The van der Waals surface area contributed by atoms with Crippen LogP contribution in [-0.2, 0) is 33.0 Å². The van der Waals surface area contributed by atoms with E-state index in [0.29, 0.717) is 13.2 Å². The number of fused-ring (bicyclic) bond motifs is 1. The minimum atomic E-state index is -0.508. The summed E-state index contributed by atoms with van der Waals surface area (Å²) < 4.78 is 7.71. The molecule has 1 aromatic heterocycles. The van der Waals surface area contributed by atoms with E-state index in [1.165, 1.54) is 22.3 Å². The summed E-state index contributed by atoms with van der Waals surface area (Å²) in [6, 6.07) is 16.6. The molecule has 6 nitrogen and oxygen atoms in total. The standard InChI is InChI=1S/C25H32N4O2/c1-28-16-21(15-27-28)9-11-26-14-20-5-4-8-25(13-20)31-19-24(30)18-29-12-10-22-6-2-3-7-23(22)17-29/h2-8,13,15-16,24,26,30H,9-12,14,17-19H2,1H3/t24-/m0/s1. The van der Waals surface area contributed by atoms with Gasteiger partial charge in [0.25, 0.3) is 0 Å². The average molecular weight is 421 g/mol. The first-order valence-electron chi connectivity index (χ1n) is 11.0.